The van der Waals surface area contributed by atoms with Crippen LogP contribution in [0.5, 0.6) is 0 Å². The number of hydrogen-bond acceptors (Lipinski definition) is 6. The van der Waals surface area contributed by atoms with Crippen molar-refractivity contribution in [2.45, 2.75) is 26.3 Å². The number of nitrogens with zero attached hydrogens (tertiary/aromatic N) is 4. The molecular formula is C12H20N4O3. The van der Waals surface area contributed by atoms with E-state index in [1.165, 1.54) is 0 Å². The third-order valence-electron chi connectivity index (χ3n) is 3.22. The predicted octanol–water partition coefficient (Wildman–Crippen LogP) is 0.224. The van der Waals surface area contributed by atoms with E-state index in [0.29, 0.717) is 18.3 Å². The van der Waals surface area contributed by atoms with Crippen molar-refractivity contribution >= 4 is 5.97 Å². The zero-order valence-electron chi connectivity index (χ0n) is 11.2. The van der Waals surface area contributed by atoms with Crippen LogP contribution in [0.2, 0.25) is 0 Å². The maximum absolute atomic E-state index is 10.7. The molecule has 0 aliphatic carbocycles. The molecule has 1 aromatic rings. The average Bonchev–Trinajstić information content (AvgIpc) is 2.71. The maximum atomic E-state index is 10.7. The molecule has 1 N–H and O–H groups in total. The molecule has 0 spiro atoms. The molecule has 2 heterocycles. The molecule has 0 aromatic carbocycles. The first kappa shape index (κ1) is 14.0. The van der Waals surface area contributed by atoms with Gasteiger partial charge in [-0.25, -0.2) is 0 Å². The van der Waals surface area contributed by atoms with Crippen molar-refractivity contribution in [3.8, 4) is 0 Å². The molecule has 1 aliphatic heterocycles. The average molecular weight is 268 g/mol. The zero-order chi connectivity index (χ0) is 13.7. The van der Waals surface area contributed by atoms with Gasteiger partial charge in [-0.05, 0) is 13.0 Å². The van der Waals surface area contributed by atoms with E-state index in [2.05, 4.69) is 15.0 Å². The monoisotopic (exact) mass is 268 g/mol. The Hall–Kier alpha value is -1.47. The van der Waals surface area contributed by atoms with E-state index in [9.17, 15) is 4.79 Å². The first-order chi connectivity index (χ1) is 9.17. The lowest BCUT2D eigenvalue weighted by Crippen LogP contribution is -2.34. The van der Waals surface area contributed by atoms with Crippen molar-refractivity contribution in [2.24, 2.45) is 0 Å². The highest BCUT2D eigenvalue weighted by atomic mass is 16.5. The van der Waals surface area contributed by atoms with Crippen LogP contribution in [-0.4, -0.2) is 63.7 Å². The number of rotatable bonds is 5. The van der Waals surface area contributed by atoms with Crippen molar-refractivity contribution in [1.29, 1.82) is 0 Å². The van der Waals surface area contributed by atoms with Gasteiger partial charge in [-0.2, -0.15) is 4.98 Å². The summed E-state index contributed by atoms with van der Waals surface area (Å²) in [5, 5.41) is 12.7. The molecule has 0 radical (unpaired) electrons. The van der Waals surface area contributed by atoms with Crippen LogP contribution in [0.1, 0.15) is 25.1 Å². The third kappa shape index (κ3) is 4.29. The van der Waals surface area contributed by atoms with Crippen LogP contribution in [0.3, 0.4) is 0 Å². The lowest BCUT2D eigenvalue weighted by atomic mass is 10.3. The highest BCUT2D eigenvalue weighted by molar-refractivity contribution is 5.69. The highest BCUT2D eigenvalue weighted by Gasteiger charge is 2.18. The van der Waals surface area contributed by atoms with E-state index in [1.807, 2.05) is 11.8 Å². The van der Waals surface area contributed by atoms with Crippen LogP contribution in [0, 0.1) is 0 Å². The largest absolute Gasteiger partial charge is 0.480 e. The van der Waals surface area contributed by atoms with Crippen LogP contribution in [0.4, 0.5) is 0 Å². The Morgan fingerprint density at radius 2 is 2.05 bits per heavy atom. The van der Waals surface area contributed by atoms with Gasteiger partial charge in [0.25, 0.3) is 0 Å². The van der Waals surface area contributed by atoms with Crippen LogP contribution >= 0.6 is 0 Å². The first-order valence-electron chi connectivity index (χ1n) is 6.65. The van der Waals surface area contributed by atoms with Crippen LogP contribution in [0.25, 0.3) is 0 Å². The number of aryl methyl sites for hydroxylation is 1. The second-order valence-corrected chi connectivity index (χ2v) is 4.76. The Morgan fingerprint density at radius 1 is 1.32 bits per heavy atom. The Labute approximate surface area is 112 Å². The fourth-order valence-corrected chi connectivity index (χ4v) is 2.23. The summed E-state index contributed by atoms with van der Waals surface area (Å²) in [5.74, 6) is 0.611. The number of carboxylic acid groups (broad SMARTS) is 1. The number of aliphatic carboxylic acids is 1. The fourth-order valence-electron chi connectivity index (χ4n) is 2.23. The molecule has 1 fully saturated rings. The van der Waals surface area contributed by atoms with Gasteiger partial charge in [0, 0.05) is 26.1 Å². The standard InChI is InChI=1S/C12H20N4O3/c1-2-11-13-10(14-19-11)8-15-4-3-5-16(7-6-15)9-12(17)18/h2-9H2,1H3,(H,17,18). The molecule has 1 aromatic heterocycles. The van der Waals surface area contributed by atoms with E-state index in [4.69, 9.17) is 9.63 Å². The molecule has 0 unspecified atom stereocenters. The summed E-state index contributed by atoms with van der Waals surface area (Å²) in [4.78, 5) is 19.2. The van der Waals surface area contributed by atoms with Gasteiger partial charge in [0.1, 0.15) is 0 Å². The van der Waals surface area contributed by atoms with E-state index in [-0.39, 0.29) is 6.54 Å². The second-order valence-electron chi connectivity index (χ2n) is 4.76. The van der Waals surface area contributed by atoms with Crippen molar-refractivity contribution < 1.29 is 14.4 Å². The number of hydrogen-bond donors (Lipinski definition) is 1. The first-order valence-corrected chi connectivity index (χ1v) is 6.65. The quantitative estimate of drug-likeness (QED) is 0.818. The normalized spacial score (nSPS) is 18.4. The molecule has 0 atom stereocenters. The summed E-state index contributed by atoms with van der Waals surface area (Å²) in [7, 11) is 0. The molecule has 0 bridgehead atoms. The van der Waals surface area contributed by atoms with Crippen LogP contribution in [-0.2, 0) is 17.8 Å². The molecule has 2 rings (SSSR count). The van der Waals surface area contributed by atoms with Crippen molar-refractivity contribution in [3.63, 3.8) is 0 Å². The zero-order valence-corrected chi connectivity index (χ0v) is 11.2. The topological polar surface area (TPSA) is 82.7 Å². The van der Waals surface area contributed by atoms with Gasteiger partial charge in [0.05, 0.1) is 13.1 Å². The summed E-state index contributed by atoms with van der Waals surface area (Å²) in [6.07, 6.45) is 1.71. The van der Waals surface area contributed by atoms with Gasteiger partial charge >= 0.3 is 5.97 Å². The summed E-state index contributed by atoms with van der Waals surface area (Å²) in [6.45, 7) is 6.14. The summed E-state index contributed by atoms with van der Waals surface area (Å²) >= 11 is 0. The molecule has 7 nitrogen and oxygen atoms in total. The van der Waals surface area contributed by atoms with Crippen LogP contribution < -0.4 is 0 Å². The summed E-state index contributed by atoms with van der Waals surface area (Å²) < 4.78 is 5.08. The van der Waals surface area contributed by atoms with Gasteiger partial charge in [-0.1, -0.05) is 12.1 Å². The van der Waals surface area contributed by atoms with E-state index in [1.54, 1.807) is 0 Å². The number of carbonyl (C=O) groups is 1. The highest BCUT2D eigenvalue weighted by Crippen LogP contribution is 2.07. The van der Waals surface area contributed by atoms with Gasteiger partial charge in [0.2, 0.25) is 5.89 Å². The minimum Gasteiger partial charge on any atom is -0.480 e. The second kappa shape index (κ2) is 6.63. The molecule has 1 saturated heterocycles. The van der Waals surface area contributed by atoms with Gasteiger partial charge < -0.3 is 9.63 Å². The molecule has 106 valence electrons. The molecule has 19 heavy (non-hydrogen) atoms. The summed E-state index contributed by atoms with van der Waals surface area (Å²) in [6, 6.07) is 0. The SMILES string of the molecule is CCc1nc(CN2CCCN(CC(=O)O)CC2)no1. The molecule has 1 aliphatic rings. The van der Waals surface area contributed by atoms with Crippen molar-refractivity contribution in [3.05, 3.63) is 11.7 Å². The summed E-state index contributed by atoms with van der Waals surface area (Å²) in [5.41, 5.74) is 0. The Kier molecular flexibility index (Phi) is 4.86. The van der Waals surface area contributed by atoms with E-state index < -0.39 is 5.97 Å². The number of carboxylic acids is 1. The van der Waals surface area contributed by atoms with Crippen molar-refractivity contribution in [2.75, 3.05) is 32.7 Å². The van der Waals surface area contributed by atoms with Crippen LogP contribution in [0.15, 0.2) is 4.52 Å². The number of aromatic nitrogens is 2. The lowest BCUT2D eigenvalue weighted by molar-refractivity contribution is -0.138. The van der Waals surface area contributed by atoms with E-state index in [0.717, 1.165) is 39.0 Å². The Morgan fingerprint density at radius 3 is 2.74 bits per heavy atom. The minimum absolute atomic E-state index is 0.121. The fraction of sp³-hybridized carbons (Fsp3) is 0.750. The minimum atomic E-state index is -0.765. The third-order valence-corrected chi connectivity index (χ3v) is 3.22. The maximum Gasteiger partial charge on any atom is 0.317 e. The van der Waals surface area contributed by atoms with Gasteiger partial charge in [0.15, 0.2) is 5.82 Å². The lowest BCUT2D eigenvalue weighted by Gasteiger charge is -2.19. The van der Waals surface area contributed by atoms with E-state index >= 15 is 0 Å². The van der Waals surface area contributed by atoms with Crippen molar-refractivity contribution in [1.82, 2.24) is 19.9 Å². The molecule has 7 heteroatoms. The Bertz CT molecular complexity index is 421. The smallest absolute Gasteiger partial charge is 0.317 e. The molecule has 0 amide bonds. The van der Waals surface area contributed by atoms with Gasteiger partial charge in [-0.3, -0.25) is 14.6 Å². The molecular weight excluding hydrogens is 248 g/mol. The van der Waals surface area contributed by atoms with Gasteiger partial charge in [-0.15, -0.1) is 0 Å². The molecule has 0 saturated carbocycles. The predicted molar refractivity (Wildman–Crippen MR) is 67.6 cm³/mol. The Balaban J connectivity index is 1.83.